The molecule has 1 aromatic carbocycles. The van der Waals surface area contributed by atoms with Crippen LogP contribution in [-0.2, 0) is 4.79 Å². The molecule has 0 spiro atoms. The van der Waals surface area contributed by atoms with Crippen LogP contribution >= 0.6 is 0 Å². The van der Waals surface area contributed by atoms with Crippen LogP contribution < -0.4 is 19.5 Å². The number of methoxy groups -OCH3 is 3. The van der Waals surface area contributed by atoms with Gasteiger partial charge in [-0.15, -0.1) is 0 Å². The second kappa shape index (κ2) is 6.99. The third-order valence-electron chi connectivity index (χ3n) is 2.93. The first-order chi connectivity index (χ1) is 9.07. The molecule has 5 heteroatoms. The summed E-state index contributed by atoms with van der Waals surface area (Å²) >= 11 is 0. The standard InChI is InChI=1S/C14H21NO4/c1-9(16)6-11(15-2)10-7-12(17-3)14(19-5)13(8-10)18-4/h7-8,11,15H,6H2,1-5H3. The Hall–Kier alpha value is -1.75. The number of carbonyl (C=O) groups is 1. The van der Waals surface area contributed by atoms with Crippen LogP contribution in [0, 0.1) is 0 Å². The first-order valence-electron chi connectivity index (χ1n) is 6.04. The van der Waals surface area contributed by atoms with E-state index in [4.69, 9.17) is 14.2 Å². The predicted molar refractivity (Wildman–Crippen MR) is 73.2 cm³/mol. The van der Waals surface area contributed by atoms with Crippen LogP contribution in [0.5, 0.6) is 17.2 Å². The summed E-state index contributed by atoms with van der Waals surface area (Å²) in [5.74, 6) is 1.83. The van der Waals surface area contributed by atoms with Crippen LogP contribution in [0.25, 0.3) is 0 Å². The summed E-state index contributed by atoms with van der Waals surface area (Å²) in [4.78, 5) is 11.3. The van der Waals surface area contributed by atoms with E-state index < -0.39 is 0 Å². The Labute approximate surface area is 113 Å². The van der Waals surface area contributed by atoms with Crippen LogP contribution in [0.4, 0.5) is 0 Å². The molecule has 1 unspecified atom stereocenters. The third-order valence-corrected chi connectivity index (χ3v) is 2.93. The normalized spacial score (nSPS) is 11.8. The number of hydrogen-bond donors (Lipinski definition) is 1. The molecule has 1 atom stereocenters. The van der Waals surface area contributed by atoms with E-state index in [1.54, 1.807) is 28.3 Å². The Morgan fingerprint density at radius 2 is 1.68 bits per heavy atom. The highest BCUT2D eigenvalue weighted by molar-refractivity contribution is 5.76. The average Bonchev–Trinajstić information content (AvgIpc) is 2.42. The van der Waals surface area contributed by atoms with Crippen molar-refractivity contribution in [2.75, 3.05) is 28.4 Å². The monoisotopic (exact) mass is 267 g/mol. The molecule has 0 aliphatic rings. The minimum absolute atomic E-state index is 0.0776. The molecule has 0 radical (unpaired) electrons. The van der Waals surface area contributed by atoms with Gasteiger partial charge in [0.25, 0.3) is 0 Å². The Morgan fingerprint density at radius 3 is 2.00 bits per heavy atom. The van der Waals surface area contributed by atoms with Gasteiger partial charge < -0.3 is 19.5 Å². The number of hydrogen-bond acceptors (Lipinski definition) is 5. The highest BCUT2D eigenvalue weighted by Gasteiger charge is 2.18. The van der Waals surface area contributed by atoms with Crippen molar-refractivity contribution in [3.63, 3.8) is 0 Å². The van der Waals surface area contributed by atoms with E-state index in [-0.39, 0.29) is 11.8 Å². The molecule has 0 aromatic heterocycles. The number of Topliss-reactive ketones (excluding diaryl/α,β-unsaturated/α-hetero) is 1. The number of ketones is 1. The molecular weight excluding hydrogens is 246 g/mol. The number of rotatable bonds is 7. The fourth-order valence-electron chi connectivity index (χ4n) is 1.98. The zero-order valence-corrected chi connectivity index (χ0v) is 12.1. The van der Waals surface area contributed by atoms with Gasteiger partial charge in [-0.3, -0.25) is 4.79 Å². The predicted octanol–water partition coefficient (Wildman–Crippen LogP) is 1.95. The lowest BCUT2D eigenvalue weighted by Crippen LogP contribution is -2.19. The fraction of sp³-hybridized carbons (Fsp3) is 0.500. The summed E-state index contributed by atoms with van der Waals surface area (Å²) in [7, 11) is 6.52. The smallest absolute Gasteiger partial charge is 0.203 e. The van der Waals surface area contributed by atoms with Crippen molar-refractivity contribution in [3.8, 4) is 17.2 Å². The maximum absolute atomic E-state index is 11.3. The van der Waals surface area contributed by atoms with Crippen molar-refractivity contribution in [2.45, 2.75) is 19.4 Å². The van der Waals surface area contributed by atoms with Crippen molar-refractivity contribution in [1.82, 2.24) is 5.32 Å². The average molecular weight is 267 g/mol. The topological polar surface area (TPSA) is 56.8 Å². The first-order valence-corrected chi connectivity index (χ1v) is 6.04. The largest absolute Gasteiger partial charge is 0.493 e. The molecule has 0 aliphatic heterocycles. The van der Waals surface area contributed by atoms with Gasteiger partial charge in [0.05, 0.1) is 21.3 Å². The second-order valence-electron chi connectivity index (χ2n) is 4.21. The molecule has 0 aliphatic carbocycles. The lowest BCUT2D eigenvalue weighted by molar-refractivity contribution is -0.117. The number of carbonyl (C=O) groups excluding carboxylic acids is 1. The highest BCUT2D eigenvalue weighted by atomic mass is 16.5. The lowest BCUT2D eigenvalue weighted by atomic mass is 10.0. The highest BCUT2D eigenvalue weighted by Crippen LogP contribution is 2.40. The van der Waals surface area contributed by atoms with Gasteiger partial charge >= 0.3 is 0 Å². The van der Waals surface area contributed by atoms with Crippen LogP contribution in [0.3, 0.4) is 0 Å². The summed E-state index contributed by atoms with van der Waals surface area (Å²) < 4.78 is 15.9. The molecule has 0 saturated heterocycles. The number of nitrogens with one attached hydrogen (secondary N) is 1. The van der Waals surface area contributed by atoms with Crippen molar-refractivity contribution in [3.05, 3.63) is 17.7 Å². The van der Waals surface area contributed by atoms with Crippen LogP contribution in [-0.4, -0.2) is 34.2 Å². The zero-order chi connectivity index (χ0) is 14.4. The Balaban J connectivity index is 3.24. The van der Waals surface area contributed by atoms with E-state index >= 15 is 0 Å². The summed E-state index contributed by atoms with van der Waals surface area (Å²) in [5, 5.41) is 3.12. The molecule has 0 heterocycles. The first kappa shape index (κ1) is 15.3. The minimum atomic E-state index is -0.0776. The van der Waals surface area contributed by atoms with E-state index in [0.29, 0.717) is 23.7 Å². The van der Waals surface area contributed by atoms with E-state index in [1.165, 1.54) is 0 Å². The van der Waals surface area contributed by atoms with Crippen molar-refractivity contribution < 1.29 is 19.0 Å². The van der Waals surface area contributed by atoms with E-state index in [0.717, 1.165) is 5.56 Å². The Bertz CT molecular complexity index is 420. The molecule has 106 valence electrons. The fourth-order valence-corrected chi connectivity index (χ4v) is 1.98. The Morgan fingerprint density at radius 1 is 1.16 bits per heavy atom. The molecular formula is C14H21NO4. The van der Waals surface area contributed by atoms with E-state index in [9.17, 15) is 4.79 Å². The van der Waals surface area contributed by atoms with Crippen LogP contribution in [0.15, 0.2) is 12.1 Å². The van der Waals surface area contributed by atoms with Gasteiger partial charge in [-0.05, 0) is 31.7 Å². The molecule has 1 rings (SSSR count). The molecule has 19 heavy (non-hydrogen) atoms. The molecule has 0 saturated carbocycles. The van der Waals surface area contributed by atoms with Gasteiger partial charge in [0.15, 0.2) is 11.5 Å². The van der Waals surface area contributed by atoms with Gasteiger partial charge in [0.2, 0.25) is 5.75 Å². The van der Waals surface area contributed by atoms with E-state index in [1.807, 2.05) is 19.2 Å². The van der Waals surface area contributed by atoms with Crippen LogP contribution in [0.1, 0.15) is 24.9 Å². The SMILES string of the molecule is CNC(CC(C)=O)c1cc(OC)c(OC)c(OC)c1. The maximum atomic E-state index is 11.3. The second-order valence-corrected chi connectivity index (χ2v) is 4.21. The molecule has 5 nitrogen and oxygen atoms in total. The van der Waals surface area contributed by atoms with Gasteiger partial charge in [-0.1, -0.05) is 0 Å². The third kappa shape index (κ3) is 3.61. The Kier molecular flexibility index (Phi) is 5.63. The summed E-state index contributed by atoms with van der Waals surface area (Å²) in [6, 6.07) is 3.63. The van der Waals surface area contributed by atoms with Gasteiger partial charge in [-0.2, -0.15) is 0 Å². The molecule has 0 bridgehead atoms. The number of benzene rings is 1. The molecule has 0 fully saturated rings. The van der Waals surface area contributed by atoms with Crippen molar-refractivity contribution in [1.29, 1.82) is 0 Å². The molecule has 1 N–H and O–H groups in total. The van der Waals surface area contributed by atoms with Crippen LogP contribution in [0.2, 0.25) is 0 Å². The molecule has 1 aromatic rings. The summed E-state index contributed by atoms with van der Waals surface area (Å²) in [6.07, 6.45) is 0.412. The zero-order valence-electron chi connectivity index (χ0n) is 12.1. The quantitative estimate of drug-likeness (QED) is 0.818. The summed E-state index contributed by atoms with van der Waals surface area (Å²) in [5.41, 5.74) is 0.923. The van der Waals surface area contributed by atoms with Gasteiger partial charge in [-0.25, -0.2) is 0 Å². The minimum Gasteiger partial charge on any atom is -0.493 e. The van der Waals surface area contributed by atoms with Crippen molar-refractivity contribution >= 4 is 5.78 Å². The number of ether oxygens (including phenoxy) is 3. The molecule has 0 amide bonds. The van der Waals surface area contributed by atoms with Crippen molar-refractivity contribution in [2.24, 2.45) is 0 Å². The maximum Gasteiger partial charge on any atom is 0.203 e. The summed E-state index contributed by atoms with van der Waals surface area (Å²) in [6.45, 7) is 1.57. The lowest BCUT2D eigenvalue weighted by Gasteiger charge is -2.19. The van der Waals surface area contributed by atoms with Gasteiger partial charge in [0, 0.05) is 12.5 Å². The van der Waals surface area contributed by atoms with E-state index in [2.05, 4.69) is 5.32 Å². The van der Waals surface area contributed by atoms with Gasteiger partial charge in [0.1, 0.15) is 5.78 Å².